The number of esters is 1. The SMILES string of the molecule is COC(=O)c1ccc(NS(=O)(=O)c2ccc(F)c3ccccc23)cc1O. The van der Waals surface area contributed by atoms with Crippen LogP contribution >= 0.6 is 0 Å². The molecule has 0 saturated carbocycles. The van der Waals surface area contributed by atoms with E-state index >= 15 is 0 Å². The second-order valence-electron chi connectivity index (χ2n) is 5.42. The Balaban J connectivity index is 2.02. The summed E-state index contributed by atoms with van der Waals surface area (Å²) in [7, 11) is -2.89. The van der Waals surface area contributed by atoms with E-state index in [1.165, 1.54) is 30.3 Å². The van der Waals surface area contributed by atoms with Gasteiger partial charge >= 0.3 is 5.97 Å². The number of phenols is 1. The summed E-state index contributed by atoms with van der Waals surface area (Å²) in [4.78, 5) is 11.4. The third-order valence-corrected chi connectivity index (χ3v) is 5.22. The molecule has 8 heteroatoms. The van der Waals surface area contributed by atoms with E-state index in [1.807, 2.05) is 0 Å². The molecule has 0 bridgehead atoms. The van der Waals surface area contributed by atoms with E-state index in [1.54, 1.807) is 12.1 Å². The number of anilines is 1. The number of fused-ring (bicyclic) bond motifs is 1. The zero-order valence-corrected chi connectivity index (χ0v) is 14.4. The molecule has 0 aliphatic heterocycles. The summed E-state index contributed by atoms with van der Waals surface area (Å²) in [5.41, 5.74) is -0.0498. The number of methoxy groups -OCH3 is 1. The summed E-state index contributed by atoms with van der Waals surface area (Å²) in [6, 6.07) is 12.1. The van der Waals surface area contributed by atoms with Gasteiger partial charge in [-0.15, -0.1) is 0 Å². The molecule has 3 aromatic carbocycles. The maximum absolute atomic E-state index is 13.9. The van der Waals surface area contributed by atoms with Crippen LogP contribution in [0.2, 0.25) is 0 Å². The summed E-state index contributed by atoms with van der Waals surface area (Å²) >= 11 is 0. The Hall–Kier alpha value is -3.13. The lowest BCUT2D eigenvalue weighted by molar-refractivity contribution is 0.0597. The van der Waals surface area contributed by atoms with Crippen molar-refractivity contribution in [3.05, 3.63) is 66.0 Å². The van der Waals surface area contributed by atoms with Crippen molar-refractivity contribution in [1.29, 1.82) is 0 Å². The first-order valence-corrected chi connectivity index (χ1v) is 8.93. The Morgan fingerprint density at radius 1 is 1.08 bits per heavy atom. The average Bonchev–Trinajstić information content (AvgIpc) is 2.61. The number of nitrogens with one attached hydrogen (secondary N) is 1. The largest absolute Gasteiger partial charge is 0.507 e. The molecule has 3 aromatic rings. The van der Waals surface area contributed by atoms with Gasteiger partial charge in [0.15, 0.2) is 0 Å². The van der Waals surface area contributed by atoms with Gasteiger partial charge in [-0.3, -0.25) is 4.72 Å². The molecule has 0 fully saturated rings. The lowest BCUT2D eigenvalue weighted by Crippen LogP contribution is -2.14. The van der Waals surface area contributed by atoms with Crippen LogP contribution in [0.25, 0.3) is 10.8 Å². The van der Waals surface area contributed by atoms with Crippen molar-refractivity contribution < 1.29 is 27.4 Å². The highest BCUT2D eigenvalue weighted by molar-refractivity contribution is 7.93. The minimum atomic E-state index is -4.06. The fraction of sp³-hybridized carbons (Fsp3) is 0.0556. The third kappa shape index (κ3) is 3.18. The number of phenolic OH excluding ortho intramolecular Hbond substituents is 1. The normalized spacial score (nSPS) is 11.3. The van der Waals surface area contributed by atoms with E-state index in [9.17, 15) is 22.7 Å². The molecule has 0 aliphatic rings. The fourth-order valence-electron chi connectivity index (χ4n) is 2.56. The van der Waals surface area contributed by atoms with Crippen LogP contribution in [0, 0.1) is 5.82 Å². The predicted molar refractivity (Wildman–Crippen MR) is 94.2 cm³/mol. The average molecular weight is 375 g/mol. The number of ether oxygens (including phenoxy) is 1. The summed E-state index contributed by atoms with van der Waals surface area (Å²) in [5.74, 6) is -1.71. The summed E-state index contributed by atoms with van der Waals surface area (Å²) in [5, 5.41) is 10.3. The molecule has 0 amide bonds. The lowest BCUT2D eigenvalue weighted by Gasteiger charge is -2.12. The van der Waals surface area contributed by atoms with Gasteiger partial charge in [0.2, 0.25) is 0 Å². The molecule has 134 valence electrons. The number of carbonyl (C=O) groups excluding carboxylic acids is 1. The van der Waals surface area contributed by atoms with Crippen molar-refractivity contribution in [2.75, 3.05) is 11.8 Å². The molecular weight excluding hydrogens is 361 g/mol. The molecule has 26 heavy (non-hydrogen) atoms. The van der Waals surface area contributed by atoms with Crippen LogP contribution in [0.3, 0.4) is 0 Å². The quantitative estimate of drug-likeness (QED) is 0.683. The molecule has 0 aromatic heterocycles. The molecular formula is C18H14FNO5S. The van der Waals surface area contributed by atoms with Crippen molar-refractivity contribution in [1.82, 2.24) is 0 Å². The van der Waals surface area contributed by atoms with Gasteiger partial charge in [0.05, 0.1) is 17.7 Å². The molecule has 0 aliphatic carbocycles. The van der Waals surface area contributed by atoms with Gasteiger partial charge in [-0.2, -0.15) is 0 Å². The second-order valence-corrected chi connectivity index (χ2v) is 7.07. The van der Waals surface area contributed by atoms with Gasteiger partial charge in [0.25, 0.3) is 10.0 Å². The number of sulfonamides is 1. The van der Waals surface area contributed by atoms with Gasteiger partial charge in [0.1, 0.15) is 17.1 Å². The van der Waals surface area contributed by atoms with Gasteiger partial charge in [-0.05, 0) is 24.3 Å². The van der Waals surface area contributed by atoms with Crippen molar-refractivity contribution in [3.8, 4) is 5.75 Å². The number of aromatic hydroxyl groups is 1. The molecule has 6 nitrogen and oxygen atoms in total. The van der Waals surface area contributed by atoms with E-state index < -0.39 is 27.6 Å². The molecule has 0 saturated heterocycles. The van der Waals surface area contributed by atoms with Crippen LogP contribution in [0.15, 0.2) is 59.5 Å². The Morgan fingerprint density at radius 2 is 1.77 bits per heavy atom. The van der Waals surface area contributed by atoms with Crippen LogP contribution in [0.1, 0.15) is 10.4 Å². The van der Waals surface area contributed by atoms with Crippen molar-refractivity contribution in [3.63, 3.8) is 0 Å². The monoisotopic (exact) mass is 375 g/mol. The zero-order valence-electron chi connectivity index (χ0n) is 13.6. The van der Waals surface area contributed by atoms with Crippen LogP contribution in [0.5, 0.6) is 5.75 Å². The van der Waals surface area contributed by atoms with Gasteiger partial charge in [-0.25, -0.2) is 17.6 Å². The molecule has 0 heterocycles. The molecule has 0 atom stereocenters. The Kier molecular flexibility index (Phi) is 4.52. The fourth-order valence-corrected chi connectivity index (χ4v) is 3.82. The summed E-state index contributed by atoms with van der Waals surface area (Å²) in [6.45, 7) is 0. The lowest BCUT2D eigenvalue weighted by atomic mass is 10.1. The number of hydrogen-bond acceptors (Lipinski definition) is 5. The second kappa shape index (κ2) is 6.64. The van der Waals surface area contributed by atoms with E-state index in [4.69, 9.17) is 0 Å². The highest BCUT2D eigenvalue weighted by Gasteiger charge is 2.20. The predicted octanol–water partition coefficient (Wildman–Crippen LogP) is 3.27. The molecule has 0 spiro atoms. The number of rotatable bonds is 4. The first-order chi connectivity index (χ1) is 12.3. The van der Waals surface area contributed by atoms with Gasteiger partial charge in [0, 0.05) is 16.8 Å². The first-order valence-electron chi connectivity index (χ1n) is 7.45. The summed E-state index contributed by atoms with van der Waals surface area (Å²) in [6.07, 6.45) is 0. The molecule has 0 unspecified atom stereocenters. The maximum atomic E-state index is 13.9. The van der Waals surface area contributed by atoms with Crippen LogP contribution in [-0.4, -0.2) is 26.6 Å². The first kappa shape index (κ1) is 17.7. The van der Waals surface area contributed by atoms with E-state index in [0.717, 1.165) is 19.2 Å². The Morgan fingerprint density at radius 3 is 2.42 bits per heavy atom. The van der Waals surface area contributed by atoms with Crippen molar-refractivity contribution in [2.45, 2.75) is 4.90 Å². The van der Waals surface area contributed by atoms with E-state index in [0.29, 0.717) is 0 Å². The number of carbonyl (C=O) groups is 1. The molecule has 2 N–H and O–H groups in total. The van der Waals surface area contributed by atoms with Crippen LogP contribution in [0.4, 0.5) is 10.1 Å². The maximum Gasteiger partial charge on any atom is 0.341 e. The minimum Gasteiger partial charge on any atom is -0.507 e. The zero-order chi connectivity index (χ0) is 18.9. The van der Waals surface area contributed by atoms with Crippen molar-refractivity contribution >= 4 is 32.5 Å². The molecule has 3 rings (SSSR count). The number of hydrogen-bond donors (Lipinski definition) is 2. The Labute approximate surface area is 148 Å². The highest BCUT2D eigenvalue weighted by Crippen LogP contribution is 2.29. The number of benzene rings is 3. The smallest absolute Gasteiger partial charge is 0.341 e. The third-order valence-electron chi connectivity index (χ3n) is 3.78. The van der Waals surface area contributed by atoms with Crippen molar-refractivity contribution in [2.24, 2.45) is 0 Å². The molecule has 0 radical (unpaired) electrons. The van der Waals surface area contributed by atoms with Gasteiger partial charge < -0.3 is 9.84 Å². The van der Waals surface area contributed by atoms with E-state index in [-0.39, 0.29) is 26.9 Å². The number of halogens is 1. The minimum absolute atomic E-state index is 0.0450. The van der Waals surface area contributed by atoms with Crippen LogP contribution in [-0.2, 0) is 14.8 Å². The topological polar surface area (TPSA) is 92.7 Å². The highest BCUT2D eigenvalue weighted by atomic mass is 32.2. The summed E-state index contributed by atoms with van der Waals surface area (Å²) < 4.78 is 46.1. The standard InChI is InChI=1S/C18H14FNO5S/c1-25-18(22)14-7-6-11(10-16(14)21)20-26(23,24)17-9-8-15(19)12-4-2-3-5-13(12)17/h2-10,20-21H,1H3. The van der Waals surface area contributed by atoms with Gasteiger partial charge in [-0.1, -0.05) is 24.3 Å². The van der Waals surface area contributed by atoms with Crippen LogP contribution < -0.4 is 4.72 Å². The Bertz CT molecular complexity index is 1110. The van der Waals surface area contributed by atoms with E-state index in [2.05, 4.69) is 9.46 Å².